The van der Waals surface area contributed by atoms with Crippen molar-refractivity contribution >= 4 is 15.7 Å². The summed E-state index contributed by atoms with van der Waals surface area (Å²) < 4.78 is 61.7. The van der Waals surface area contributed by atoms with Crippen molar-refractivity contribution in [1.29, 1.82) is 0 Å². The van der Waals surface area contributed by atoms with Gasteiger partial charge in [-0.2, -0.15) is 17.5 Å². The van der Waals surface area contributed by atoms with E-state index >= 15 is 0 Å². The molecular weight excluding hydrogens is 301 g/mol. The molecule has 0 unspecified atom stereocenters. The average Bonchev–Trinajstić information content (AvgIpc) is 2.36. The predicted molar refractivity (Wildman–Crippen MR) is 63.9 cm³/mol. The summed E-state index contributed by atoms with van der Waals surface area (Å²) in [5.41, 5.74) is 1.98. The Morgan fingerprint density at radius 3 is 2.60 bits per heavy atom. The highest BCUT2D eigenvalue weighted by Crippen LogP contribution is 2.26. The number of nitrogen functional groups attached to an aromatic ring is 1. The van der Waals surface area contributed by atoms with Gasteiger partial charge in [-0.05, 0) is 6.07 Å². The second-order valence-corrected chi connectivity index (χ2v) is 5.60. The molecule has 0 aliphatic carbocycles. The predicted octanol–water partition coefficient (Wildman–Crippen LogP) is -0.0875. The van der Waals surface area contributed by atoms with E-state index < -0.39 is 40.8 Å². The van der Waals surface area contributed by atoms with Gasteiger partial charge in [0.25, 0.3) is 0 Å². The van der Waals surface area contributed by atoms with Crippen LogP contribution in [0.2, 0.25) is 0 Å². The molecule has 0 aromatic carbocycles. The lowest BCUT2D eigenvalue weighted by Gasteiger charge is -2.23. The smallest absolute Gasteiger partial charge is 0.395 e. The van der Waals surface area contributed by atoms with Crippen LogP contribution in [0.5, 0.6) is 0 Å². The van der Waals surface area contributed by atoms with E-state index in [1.165, 1.54) is 12.3 Å². The molecular formula is C9H13F3N4O3S. The fourth-order valence-corrected chi connectivity index (χ4v) is 2.96. The summed E-state index contributed by atoms with van der Waals surface area (Å²) in [5.74, 6) is 5.12. The van der Waals surface area contributed by atoms with Gasteiger partial charge in [-0.15, -0.1) is 0 Å². The second-order valence-electron chi connectivity index (χ2n) is 3.69. The number of aliphatic hydroxyl groups excluding tert-OH is 1. The molecule has 0 radical (unpaired) electrons. The zero-order valence-corrected chi connectivity index (χ0v) is 10.9. The van der Waals surface area contributed by atoms with Crippen LogP contribution in [0.3, 0.4) is 0 Å². The van der Waals surface area contributed by atoms with Crippen molar-refractivity contribution < 1.29 is 26.7 Å². The Morgan fingerprint density at radius 1 is 1.45 bits per heavy atom. The van der Waals surface area contributed by atoms with Gasteiger partial charge >= 0.3 is 6.18 Å². The first-order valence-corrected chi connectivity index (χ1v) is 6.75. The van der Waals surface area contributed by atoms with Crippen LogP contribution >= 0.6 is 0 Å². The maximum atomic E-state index is 12.4. The Morgan fingerprint density at radius 2 is 2.10 bits per heavy atom. The van der Waals surface area contributed by atoms with Gasteiger partial charge in [-0.3, -0.25) is 10.8 Å². The number of alkyl halides is 3. The molecule has 0 aliphatic rings. The van der Waals surface area contributed by atoms with Crippen molar-refractivity contribution in [3.8, 4) is 0 Å². The molecule has 0 saturated carbocycles. The molecule has 0 atom stereocenters. The summed E-state index contributed by atoms with van der Waals surface area (Å²) in [6, 6.07) is 1.21. The molecule has 1 heterocycles. The number of halogens is 3. The van der Waals surface area contributed by atoms with E-state index in [0.29, 0.717) is 0 Å². The van der Waals surface area contributed by atoms with Crippen molar-refractivity contribution in [2.45, 2.75) is 11.1 Å². The van der Waals surface area contributed by atoms with E-state index in [0.717, 1.165) is 6.20 Å². The number of nitrogens with one attached hydrogen (secondary N) is 1. The third-order valence-electron chi connectivity index (χ3n) is 2.26. The minimum Gasteiger partial charge on any atom is -0.395 e. The van der Waals surface area contributed by atoms with E-state index in [1.807, 2.05) is 0 Å². The van der Waals surface area contributed by atoms with Crippen LogP contribution in [0.15, 0.2) is 23.4 Å². The van der Waals surface area contributed by atoms with Crippen molar-refractivity contribution in [2.24, 2.45) is 5.84 Å². The number of rotatable bonds is 6. The number of aliphatic hydroxyl groups is 1. The van der Waals surface area contributed by atoms with Gasteiger partial charge in [0, 0.05) is 18.9 Å². The van der Waals surface area contributed by atoms with Crippen molar-refractivity contribution in [3.05, 3.63) is 18.5 Å². The first-order chi connectivity index (χ1) is 9.22. The molecule has 0 aliphatic heterocycles. The van der Waals surface area contributed by atoms with Gasteiger partial charge in [0.1, 0.15) is 11.4 Å². The summed E-state index contributed by atoms with van der Waals surface area (Å²) in [4.78, 5) is 3.05. The van der Waals surface area contributed by atoms with Gasteiger partial charge in [-0.25, -0.2) is 8.42 Å². The highest BCUT2D eigenvalue weighted by molar-refractivity contribution is 7.89. The number of anilines is 1. The fraction of sp³-hybridized carbons (Fsp3) is 0.444. The zero-order chi connectivity index (χ0) is 15.4. The SMILES string of the molecule is NNc1ccncc1S(=O)(=O)N(CCO)CC(F)(F)F. The number of hydrazine groups is 1. The highest BCUT2D eigenvalue weighted by atomic mass is 32.2. The highest BCUT2D eigenvalue weighted by Gasteiger charge is 2.37. The quantitative estimate of drug-likeness (QED) is 0.500. The van der Waals surface area contributed by atoms with Crippen LogP contribution in [0.25, 0.3) is 0 Å². The minimum absolute atomic E-state index is 0.0925. The Bertz CT molecular complexity index is 550. The molecule has 0 bridgehead atoms. The van der Waals surface area contributed by atoms with Gasteiger partial charge in [-0.1, -0.05) is 0 Å². The molecule has 1 aromatic heterocycles. The summed E-state index contributed by atoms with van der Waals surface area (Å²) >= 11 is 0. The standard InChI is InChI=1S/C9H13F3N4O3S/c10-9(11,12)6-16(3-4-17)20(18,19)8-5-14-2-1-7(8)15-13/h1-2,5,17H,3-4,6,13H2,(H,14,15). The molecule has 7 nitrogen and oxygen atoms in total. The molecule has 0 fully saturated rings. The van der Waals surface area contributed by atoms with Crippen LogP contribution in [0, 0.1) is 0 Å². The normalized spacial score (nSPS) is 12.7. The number of hydrogen-bond acceptors (Lipinski definition) is 6. The number of pyridine rings is 1. The number of hydrogen-bond donors (Lipinski definition) is 3. The molecule has 1 rings (SSSR count). The molecule has 1 aromatic rings. The third kappa shape index (κ3) is 4.03. The Labute approximate surface area is 113 Å². The van der Waals surface area contributed by atoms with Crippen LogP contribution < -0.4 is 11.3 Å². The van der Waals surface area contributed by atoms with E-state index in [4.69, 9.17) is 10.9 Å². The van der Waals surface area contributed by atoms with Crippen LogP contribution in [-0.2, 0) is 10.0 Å². The van der Waals surface area contributed by atoms with Crippen molar-refractivity contribution in [3.63, 3.8) is 0 Å². The lowest BCUT2D eigenvalue weighted by molar-refractivity contribution is -0.136. The summed E-state index contributed by atoms with van der Waals surface area (Å²) in [5, 5.41) is 8.74. The summed E-state index contributed by atoms with van der Waals surface area (Å²) in [6.07, 6.45) is -2.62. The first-order valence-electron chi connectivity index (χ1n) is 5.30. The van der Waals surface area contributed by atoms with E-state index in [1.54, 1.807) is 0 Å². The van der Waals surface area contributed by atoms with E-state index in [2.05, 4.69) is 10.4 Å². The molecule has 4 N–H and O–H groups in total. The van der Waals surface area contributed by atoms with Gasteiger partial charge < -0.3 is 10.5 Å². The lowest BCUT2D eigenvalue weighted by Crippen LogP contribution is -2.41. The number of nitrogens with zero attached hydrogens (tertiary/aromatic N) is 2. The number of aromatic nitrogens is 1. The molecule has 0 saturated heterocycles. The van der Waals surface area contributed by atoms with E-state index in [-0.39, 0.29) is 9.99 Å². The molecule has 0 amide bonds. The van der Waals surface area contributed by atoms with E-state index in [9.17, 15) is 21.6 Å². The Hall–Kier alpha value is -1.43. The van der Waals surface area contributed by atoms with Crippen molar-refractivity contribution in [1.82, 2.24) is 9.29 Å². The second kappa shape index (κ2) is 6.35. The maximum Gasteiger partial charge on any atom is 0.402 e. The van der Waals surface area contributed by atoms with Gasteiger partial charge in [0.05, 0.1) is 12.3 Å². The van der Waals surface area contributed by atoms with Gasteiger partial charge in [0.2, 0.25) is 10.0 Å². The summed E-state index contributed by atoms with van der Waals surface area (Å²) in [6.45, 7) is -3.16. The van der Waals surface area contributed by atoms with Crippen LogP contribution in [0.4, 0.5) is 18.9 Å². The molecule has 114 valence electrons. The number of sulfonamides is 1. The van der Waals surface area contributed by atoms with Crippen LogP contribution in [-0.4, -0.2) is 48.7 Å². The average molecular weight is 314 g/mol. The molecule has 20 heavy (non-hydrogen) atoms. The molecule has 11 heteroatoms. The topological polar surface area (TPSA) is 109 Å². The fourth-order valence-electron chi connectivity index (χ4n) is 1.44. The largest absolute Gasteiger partial charge is 0.402 e. The zero-order valence-electron chi connectivity index (χ0n) is 10.1. The monoisotopic (exact) mass is 314 g/mol. The maximum absolute atomic E-state index is 12.4. The molecule has 0 spiro atoms. The third-order valence-corrected chi connectivity index (χ3v) is 4.14. The van der Waals surface area contributed by atoms with Gasteiger partial charge in [0.15, 0.2) is 0 Å². The minimum atomic E-state index is -4.74. The summed E-state index contributed by atoms with van der Waals surface area (Å²) in [7, 11) is -4.49. The number of nitrogens with two attached hydrogens (primary N) is 1. The Kier molecular flexibility index (Phi) is 5.28. The lowest BCUT2D eigenvalue weighted by atomic mass is 10.4. The first kappa shape index (κ1) is 16.6. The Balaban J connectivity index is 3.22. The van der Waals surface area contributed by atoms with Crippen LogP contribution in [0.1, 0.15) is 0 Å². The van der Waals surface area contributed by atoms with Crippen molar-refractivity contribution in [2.75, 3.05) is 25.1 Å².